The number of carboxylic acids is 2. The molecular weight excluding hydrogens is 416 g/mol. The van der Waals surface area contributed by atoms with Crippen LogP contribution in [0.5, 0.6) is 0 Å². The third-order valence-corrected chi connectivity index (χ3v) is 6.85. The van der Waals surface area contributed by atoms with Gasteiger partial charge in [-0.1, -0.05) is 0 Å². The molecule has 2 rings (SSSR count). The Balaban J connectivity index is 0.00000312. The van der Waals surface area contributed by atoms with Gasteiger partial charge in [0.1, 0.15) is 17.2 Å². The Hall–Kier alpha value is -0.140. The van der Waals surface area contributed by atoms with E-state index in [0.717, 1.165) is 6.92 Å². The number of hydrogen-bond donors (Lipinski definition) is 0. The molecule has 2 fully saturated rings. The zero-order valence-corrected chi connectivity index (χ0v) is 19.6. The van der Waals surface area contributed by atoms with Gasteiger partial charge in [0.2, 0.25) is 0 Å². The van der Waals surface area contributed by atoms with Crippen molar-refractivity contribution in [3.05, 3.63) is 11.6 Å². The summed E-state index contributed by atoms with van der Waals surface area (Å²) in [5.41, 5.74) is -0.631. The molecule has 14 heteroatoms. The van der Waals surface area contributed by atoms with Gasteiger partial charge in [-0.25, -0.2) is 8.42 Å². The topological polar surface area (TPSA) is 161 Å². The summed E-state index contributed by atoms with van der Waals surface area (Å²) in [6.45, 7) is 0.0744. The third kappa shape index (κ3) is 3.86. The van der Waals surface area contributed by atoms with Crippen molar-refractivity contribution < 1.29 is 102 Å². The Morgan fingerprint density at radius 2 is 1.85 bits per heavy atom. The standard InChI is InChI=1S/C12H12ClNO9S.2Na/c1-12(4-23-7(17)3-13)8(11(19)20)14-9(18)5(2-6(15)16)10(14)24(12,21)22;;/h2,8,10H,3-4H2,1H3,(H,15,16)(H,19,20);;/q;2*+1/p-2/b5-2+;;/t8-,10+,12-;;/m0../s1. The van der Waals surface area contributed by atoms with Gasteiger partial charge in [-0.2, -0.15) is 0 Å². The molecule has 2 aliphatic rings. The van der Waals surface area contributed by atoms with E-state index in [1.165, 1.54) is 0 Å². The van der Waals surface area contributed by atoms with Crippen molar-refractivity contribution in [3.63, 3.8) is 0 Å². The van der Waals surface area contributed by atoms with Crippen LogP contribution in [0.1, 0.15) is 6.92 Å². The van der Waals surface area contributed by atoms with Gasteiger partial charge in [-0.3, -0.25) is 9.59 Å². The van der Waals surface area contributed by atoms with Gasteiger partial charge < -0.3 is 29.4 Å². The summed E-state index contributed by atoms with van der Waals surface area (Å²) in [5.74, 6) is -6.36. The van der Waals surface area contributed by atoms with E-state index in [0.29, 0.717) is 11.0 Å². The Kier molecular flexibility index (Phi) is 8.86. The second-order valence-electron chi connectivity index (χ2n) is 5.36. The zero-order chi connectivity index (χ0) is 18.4. The van der Waals surface area contributed by atoms with E-state index < -0.39 is 67.9 Å². The number of ether oxygens (including phenoxy) is 1. The van der Waals surface area contributed by atoms with Crippen LogP contribution in [0.2, 0.25) is 0 Å². The Bertz CT molecular complexity index is 784. The van der Waals surface area contributed by atoms with Gasteiger partial charge in [0.15, 0.2) is 15.2 Å². The first-order valence-corrected chi connectivity index (χ1v) is 8.48. The molecule has 0 unspecified atom stereocenters. The second-order valence-corrected chi connectivity index (χ2v) is 8.09. The van der Waals surface area contributed by atoms with Gasteiger partial charge in [0, 0.05) is 0 Å². The molecule has 2 saturated heterocycles. The molecule has 0 saturated carbocycles. The minimum atomic E-state index is -4.45. The molecule has 1 amide bonds. The van der Waals surface area contributed by atoms with Crippen LogP contribution in [0.15, 0.2) is 11.6 Å². The zero-order valence-electron chi connectivity index (χ0n) is 14.1. The van der Waals surface area contributed by atoms with Crippen molar-refractivity contribution in [2.45, 2.75) is 23.1 Å². The van der Waals surface area contributed by atoms with Crippen LogP contribution in [0, 0.1) is 0 Å². The van der Waals surface area contributed by atoms with E-state index >= 15 is 0 Å². The third-order valence-electron chi connectivity index (χ3n) is 3.93. The molecule has 10 nitrogen and oxygen atoms in total. The molecule has 3 atom stereocenters. The van der Waals surface area contributed by atoms with Crippen LogP contribution in [0.3, 0.4) is 0 Å². The number of fused-ring (bicyclic) bond motifs is 1. The van der Waals surface area contributed by atoms with Crippen LogP contribution in [0.25, 0.3) is 0 Å². The first-order chi connectivity index (χ1) is 11.0. The molecule has 0 aromatic carbocycles. The number of halogens is 1. The fourth-order valence-electron chi connectivity index (χ4n) is 2.77. The smallest absolute Gasteiger partial charge is 0.548 e. The molecular formula is C12H10ClNNa2O9S. The fraction of sp³-hybridized carbons (Fsp3) is 0.500. The minimum absolute atomic E-state index is 0. The summed E-state index contributed by atoms with van der Waals surface area (Å²) in [7, 11) is -4.45. The van der Waals surface area contributed by atoms with Crippen molar-refractivity contribution in [1.29, 1.82) is 0 Å². The van der Waals surface area contributed by atoms with Crippen molar-refractivity contribution in [2.24, 2.45) is 0 Å². The Morgan fingerprint density at radius 3 is 2.27 bits per heavy atom. The van der Waals surface area contributed by atoms with E-state index in [1.807, 2.05) is 0 Å². The van der Waals surface area contributed by atoms with Crippen LogP contribution in [-0.4, -0.2) is 65.8 Å². The fourth-order valence-corrected chi connectivity index (χ4v) is 5.12. The molecule has 2 heterocycles. The van der Waals surface area contributed by atoms with E-state index in [1.54, 1.807) is 0 Å². The van der Waals surface area contributed by atoms with Crippen molar-refractivity contribution in [3.8, 4) is 0 Å². The largest absolute Gasteiger partial charge is 1.00 e. The number of amides is 1. The first-order valence-electron chi connectivity index (χ1n) is 6.40. The number of β-lactam (4-membered cyclic amide) rings is 1. The molecule has 0 aromatic rings. The summed E-state index contributed by atoms with van der Waals surface area (Å²) in [5, 5.41) is 20.2. The predicted molar refractivity (Wildman–Crippen MR) is 71.5 cm³/mol. The summed E-state index contributed by atoms with van der Waals surface area (Å²) < 4.78 is 27.7. The van der Waals surface area contributed by atoms with E-state index in [-0.39, 0.29) is 59.1 Å². The SMILES string of the molecule is C[C@]1(COC(=O)CCl)[C@H](C(=O)[O-])N2C(=O)/C(=C\C(=O)[O-])[C@H]2S1(=O)=O.[Na+].[Na+]. The normalized spacial score (nSPS) is 29.7. The van der Waals surface area contributed by atoms with E-state index in [9.17, 15) is 37.8 Å². The Morgan fingerprint density at radius 1 is 1.31 bits per heavy atom. The average Bonchev–Trinajstić information content (AvgIpc) is 2.65. The van der Waals surface area contributed by atoms with Crippen LogP contribution < -0.4 is 69.3 Å². The maximum Gasteiger partial charge on any atom is 1.00 e. The number of carbonyl (C=O) groups excluding carboxylic acids is 4. The monoisotopic (exact) mass is 425 g/mol. The number of esters is 1. The molecule has 2 aliphatic heterocycles. The van der Waals surface area contributed by atoms with Crippen LogP contribution >= 0.6 is 11.6 Å². The van der Waals surface area contributed by atoms with Crippen LogP contribution in [0.4, 0.5) is 0 Å². The summed E-state index contributed by atoms with van der Waals surface area (Å²) in [4.78, 5) is 45.6. The maximum absolute atomic E-state index is 12.7. The number of hydrogen-bond acceptors (Lipinski definition) is 9. The predicted octanol–water partition coefficient (Wildman–Crippen LogP) is -10.1. The number of rotatable bonds is 5. The summed E-state index contributed by atoms with van der Waals surface area (Å²) in [6.07, 6.45) is 0.296. The summed E-state index contributed by atoms with van der Waals surface area (Å²) in [6, 6.07) is -1.96. The van der Waals surface area contributed by atoms with Crippen molar-refractivity contribution >= 4 is 45.3 Å². The quantitative estimate of drug-likeness (QED) is 0.137. The molecule has 0 bridgehead atoms. The second kappa shape index (κ2) is 8.91. The van der Waals surface area contributed by atoms with Gasteiger partial charge >= 0.3 is 65.1 Å². The maximum atomic E-state index is 12.7. The minimum Gasteiger partial charge on any atom is -0.548 e. The van der Waals surface area contributed by atoms with E-state index in [2.05, 4.69) is 4.74 Å². The molecule has 132 valence electrons. The molecule has 26 heavy (non-hydrogen) atoms. The number of alkyl halides is 1. The summed E-state index contributed by atoms with van der Waals surface area (Å²) >= 11 is 5.23. The van der Waals surface area contributed by atoms with Gasteiger partial charge in [-0.15, -0.1) is 11.6 Å². The number of carboxylic acid groups (broad SMARTS) is 2. The first kappa shape index (κ1) is 25.9. The van der Waals surface area contributed by atoms with E-state index in [4.69, 9.17) is 11.6 Å². The van der Waals surface area contributed by atoms with Crippen LogP contribution in [-0.2, 0) is 33.8 Å². The molecule has 0 spiro atoms. The van der Waals surface area contributed by atoms with Gasteiger partial charge in [0.05, 0.1) is 23.6 Å². The number of carbonyl (C=O) groups is 4. The molecule has 0 radical (unpaired) electrons. The molecule has 0 aliphatic carbocycles. The van der Waals surface area contributed by atoms with Crippen molar-refractivity contribution in [1.82, 2.24) is 4.90 Å². The molecule has 0 aromatic heterocycles. The number of sulfone groups is 1. The number of nitrogens with zero attached hydrogens (tertiary/aromatic N) is 1. The van der Waals surface area contributed by atoms with Gasteiger partial charge in [-0.05, 0) is 13.0 Å². The Labute approximate surface area is 197 Å². The van der Waals surface area contributed by atoms with Crippen molar-refractivity contribution in [2.75, 3.05) is 12.5 Å². The number of aliphatic carboxylic acids is 2. The molecule has 0 N–H and O–H groups in total. The average molecular weight is 426 g/mol. The van der Waals surface area contributed by atoms with Gasteiger partial charge in [0.25, 0.3) is 5.91 Å².